The van der Waals surface area contributed by atoms with Gasteiger partial charge in [0.05, 0.1) is 23.1 Å². The Kier molecular flexibility index (Phi) is 6.53. The van der Waals surface area contributed by atoms with E-state index in [4.69, 9.17) is 10.5 Å². The van der Waals surface area contributed by atoms with Gasteiger partial charge in [0.1, 0.15) is 29.6 Å². The van der Waals surface area contributed by atoms with E-state index in [1.165, 1.54) is 30.3 Å². The zero-order chi connectivity index (χ0) is 24.2. The van der Waals surface area contributed by atoms with Gasteiger partial charge in [-0.05, 0) is 36.8 Å². The summed E-state index contributed by atoms with van der Waals surface area (Å²) in [7, 11) is 0. The smallest absolute Gasteiger partial charge is 0.263 e. The maximum Gasteiger partial charge on any atom is 0.263 e. The number of aromatic amines is 1. The third-order valence-electron chi connectivity index (χ3n) is 5.26. The highest BCUT2D eigenvalue weighted by atomic mass is 19.1. The average molecular weight is 464 g/mol. The van der Waals surface area contributed by atoms with Gasteiger partial charge in [-0.1, -0.05) is 25.1 Å². The van der Waals surface area contributed by atoms with Crippen LogP contribution in [0.15, 0.2) is 59.5 Å². The molecule has 0 unspecified atom stereocenters. The summed E-state index contributed by atoms with van der Waals surface area (Å²) in [5.74, 6) is -1.21. The Bertz CT molecular complexity index is 1420. The predicted molar refractivity (Wildman–Crippen MR) is 126 cm³/mol. The van der Waals surface area contributed by atoms with Crippen LogP contribution in [-0.2, 0) is 6.61 Å². The fourth-order valence-corrected chi connectivity index (χ4v) is 3.57. The van der Waals surface area contributed by atoms with Crippen molar-refractivity contribution in [2.45, 2.75) is 20.0 Å². The van der Waals surface area contributed by atoms with E-state index in [1.54, 1.807) is 18.2 Å². The van der Waals surface area contributed by atoms with E-state index in [0.717, 1.165) is 6.20 Å². The number of nitrogens with zero attached hydrogens (tertiary/aromatic N) is 1. The van der Waals surface area contributed by atoms with Gasteiger partial charge in [0.2, 0.25) is 0 Å². The second kappa shape index (κ2) is 9.70. The predicted octanol–water partition coefficient (Wildman–Crippen LogP) is 4.17. The average Bonchev–Trinajstić information content (AvgIpc) is 2.83. The molecule has 1 amide bonds. The molecule has 4 aromatic rings. The first-order valence-corrected chi connectivity index (χ1v) is 10.6. The van der Waals surface area contributed by atoms with Gasteiger partial charge in [0.15, 0.2) is 0 Å². The molecule has 34 heavy (non-hydrogen) atoms. The summed E-state index contributed by atoms with van der Waals surface area (Å²) >= 11 is 0. The van der Waals surface area contributed by atoms with Crippen LogP contribution in [0.2, 0.25) is 0 Å². The number of para-hydroxylation sites is 1. The summed E-state index contributed by atoms with van der Waals surface area (Å²) in [6, 6.07) is 11.9. The molecular formula is C25H22F2N4O3. The number of carbonyl (C=O) groups excluding carboxylic acids is 1. The number of nitrogens with two attached hydrogens (primary N) is 1. The van der Waals surface area contributed by atoms with Crippen molar-refractivity contribution in [3.63, 3.8) is 0 Å². The lowest BCUT2D eigenvalue weighted by molar-refractivity contribution is 0.0953. The maximum atomic E-state index is 14.8. The Morgan fingerprint density at radius 2 is 1.97 bits per heavy atom. The van der Waals surface area contributed by atoms with Crippen molar-refractivity contribution in [3.8, 4) is 16.9 Å². The second-order valence-electron chi connectivity index (χ2n) is 7.62. The molecule has 7 nitrogen and oxygen atoms in total. The lowest BCUT2D eigenvalue weighted by atomic mass is 9.99. The molecule has 9 heteroatoms. The number of nitrogen functional groups attached to an aromatic ring is 1. The zero-order valence-electron chi connectivity index (χ0n) is 18.3. The largest absolute Gasteiger partial charge is 0.487 e. The lowest BCUT2D eigenvalue weighted by Gasteiger charge is -2.13. The van der Waals surface area contributed by atoms with Crippen LogP contribution < -0.4 is 21.3 Å². The Morgan fingerprint density at radius 3 is 2.71 bits per heavy atom. The van der Waals surface area contributed by atoms with Crippen molar-refractivity contribution in [3.05, 3.63) is 88.0 Å². The van der Waals surface area contributed by atoms with E-state index in [-0.39, 0.29) is 23.4 Å². The normalized spacial score (nSPS) is 10.9. The van der Waals surface area contributed by atoms with Crippen molar-refractivity contribution in [1.29, 1.82) is 0 Å². The lowest BCUT2D eigenvalue weighted by Crippen LogP contribution is -2.31. The van der Waals surface area contributed by atoms with E-state index in [0.29, 0.717) is 40.9 Å². The molecule has 2 aromatic carbocycles. The van der Waals surface area contributed by atoms with E-state index >= 15 is 0 Å². The number of rotatable bonds is 7. The molecule has 0 aliphatic heterocycles. The Balaban J connectivity index is 1.73. The van der Waals surface area contributed by atoms with Crippen molar-refractivity contribution in [2.75, 3.05) is 12.3 Å². The number of aromatic nitrogens is 2. The maximum absolute atomic E-state index is 14.8. The summed E-state index contributed by atoms with van der Waals surface area (Å²) in [6.45, 7) is 2.35. The van der Waals surface area contributed by atoms with Crippen molar-refractivity contribution < 1.29 is 18.3 Å². The van der Waals surface area contributed by atoms with Gasteiger partial charge < -0.3 is 20.8 Å². The minimum atomic E-state index is -0.666. The molecule has 0 bridgehead atoms. The number of fused-ring (bicyclic) bond motifs is 1. The summed E-state index contributed by atoms with van der Waals surface area (Å²) < 4.78 is 33.6. The molecule has 0 saturated heterocycles. The number of amides is 1. The number of H-pyrrole nitrogens is 1. The number of benzene rings is 2. The molecule has 174 valence electrons. The van der Waals surface area contributed by atoms with Crippen LogP contribution in [0.1, 0.15) is 29.4 Å². The van der Waals surface area contributed by atoms with E-state index < -0.39 is 23.1 Å². The molecule has 0 radical (unpaired) electrons. The van der Waals surface area contributed by atoms with Crippen LogP contribution in [0.5, 0.6) is 5.75 Å². The highest BCUT2D eigenvalue weighted by molar-refractivity contribution is 6.09. The van der Waals surface area contributed by atoms with Gasteiger partial charge >= 0.3 is 0 Å². The van der Waals surface area contributed by atoms with Gasteiger partial charge in [0, 0.05) is 23.1 Å². The van der Waals surface area contributed by atoms with Crippen LogP contribution in [0.4, 0.5) is 14.5 Å². The Hall–Kier alpha value is -4.27. The summed E-state index contributed by atoms with van der Waals surface area (Å²) in [4.78, 5) is 31.8. The topological polar surface area (TPSA) is 110 Å². The molecule has 2 heterocycles. The molecule has 4 rings (SSSR count). The van der Waals surface area contributed by atoms with Crippen LogP contribution in [0.25, 0.3) is 22.0 Å². The number of hydrogen-bond acceptors (Lipinski definition) is 5. The third kappa shape index (κ3) is 4.59. The number of hydrogen-bond donors (Lipinski definition) is 3. The van der Waals surface area contributed by atoms with Crippen molar-refractivity contribution >= 4 is 22.5 Å². The molecule has 0 saturated carbocycles. The fraction of sp³-hybridized carbons (Fsp3) is 0.160. The second-order valence-corrected chi connectivity index (χ2v) is 7.62. The standard InChI is InChI=1S/C25H22F2N4O3/c1-2-10-29-24(32)21-22(28)18-5-3-4-17(23(18)31-25(21)33)19-11-16(8-9-20(19)27)34-13-15-7-6-14(26)12-30-15/h3-9,11-12H,2,10,13H2,1H3,(H,29,32)(H3,28,31,33). The number of anilines is 1. The number of ether oxygens (including phenoxy) is 1. The van der Waals surface area contributed by atoms with Crippen molar-refractivity contribution in [2.24, 2.45) is 0 Å². The summed E-state index contributed by atoms with van der Waals surface area (Å²) in [5.41, 5.74) is 6.73. The van der Waals surface area contributed by atoms with Gasteiger partial charge in [-0.2, -0.15) is 0 Å². The number of carbonyl (C=O) groups is 1. The van der Waals surface area contributed by atoms with Crippen molar-refractivity contribution in [1.82, 2.24) is 15.3 Å². The van der Waals surface area contributed by atoms with Gasteiger partial charge in [-0.25, -0.2) is 8.78 Å². The van der Waals surface area contributed by atoms with Gasteiger partial charge in [0.25, 0.3) is 11.5 Å². The Morgan fingerprint density at radius 1 is 1.15 bits per heavy atom. The first kappa shape index (κ1) is 22.9. The zero-order valence-corrected chi connectivity index (χ0v) is 18.3. The highest BCUT2D eigenvalue weighted by Crippen LogP contribution is 2.34. The Labute approximate surface area is 193 Å². The first-order valence-electron chi connectivity index (χ1n) is 10.6. The summed E-state index contributed by atoms with van der Waals surface area (Å²) in [6.07, 6.45) is 1.79. The minimum absolute atomic E-state index is 0.0180. The molecule has 0 atom stereocenters. The molecule has 0 fully saturated rings. The molecule has 2 aromatic heterocycles. The van der Waals surface area contributed by atoms with Crippen LogP contribution in [-0.4, -0.2) is 22.4 Å². The van der Waals surface area contributed by atoms with Gasteiger partial charge in [-0.15, -0.1) is 0 Å². The SMILES string of the molecule is CCCNC(=O)c1c(N)c2cccc(-c3cc(OCc4ccc(F)cn4)ccc3F)c2[nH]c1=O. The molecule has 0 aliphatic rings. The fourth-order valence-electron chi connectivity index (χ4n) is 3.57. The summed E-state index contributed by atoms with van der Waals surface area (Å²) in [5, 5.41) is 3.06. The first-order chi connectivity index (χ1) is 16.4. The quantitative estimate of drug-likeness (QED) is 0.380. The van der Waals surface area contributed by atoms with Gasteiger partial charge in [-0.3, -0.25) is 14.6 Å². The molecule has 0 spiro atoms. The molecule has 4 N–H and O–H groups in total. The number of halogens is 2. The minimum Gasteiger partial charge on any atom is -0.487 e. The number of nitrogens with one attached hydrogen (secondary N) is 2. The third-order valence-corrected chi connectivity index (χ3v) is 5.26. The highest BCUT2D eigenvalue weighted by Gasteiger charge is 2.20. The van der Waals surface area contributed by atoms with Crippen LogP contribution >= 0.6 is 0 Å². The number of pyridine rings is 2. The molecular weight excluding hydrogens is 442 g/mol. The van der Waals surface area contributed by atoms with Crippen LogP contribution in [0, 0.1) is 11.6 Å². The van der Waals surface area contributed by atoms with Crippen LogP contribution in [0.3, 0.4) is 0 Å². The van der Waals surface area contributed by atoms with E-state index in [2.05, 4.69) is 15.3 Å². The van der Waals surface area contributed by atoms with E-state index in [1.807, 2.05) is 6.92 Å². The monoisotopic (exact) mass is 464 g/mol. The molecule has 0 aliphatic carbocycles. The van der Waals surface area contributed by atoms with E-state index in [9.17, 15) is 18.4 Å².